The van der Waals surface area contributed by atoms with Crippen molar-refractivity contribution in [3.63, 3.8) is 0 Å². The van der Waals surface area contributed by atoms with Crippen LogP contribution in [0.25, 0.3) is 0 Å². The van der Waals surface area contributed by atoms with Crippen molar-refractivity contribution in [2.24, 2.45) is 0 Å². The van der Waals surface area contributed by atoms with Crippen LogP contribution in [-0.2, 0) is 10.0 Å². The van der Waals surface area contributed by atoms with E-state index in [9.17, 15) is 13.2 Å². The van der Waals surface area contributed by atoms with Gasteiger partial charge in [0.05, 0.1) is 17.5 Å². The fourth-order valence-corrected chi connectivity index (χ4v) is 2.99. The monoisotopic (exact) mass is 372 g/mol. The molecule has 0 aliphatic heterocycles. The second-order valence-corrected chi connectivity index (χ2v) is 7.75. The van der Waals surface area contributed by atoms with Crippen LogP contribution in [0.1, 0.15) is 10.4 Å². The Labute approximate surface area is 144 Å². The van der Waals surface area contributed by atoms with Crippen LogP contribution in [0.3, 0.4) is 0 Å². The van der Waals surface area contributed by atoms with E-state index < -0.39 is 15.9 Å². The standard InChI is InChI=1S/C15H14Cl2N2O3S/c1-19(23(2,21)22)14-6-4-3-5-13(14)15(20)18-12-8-10(16)7-11(17)9-12/h3-9H,1-2H3,(H,18,20). The molecule has 0 fully saturated rings. The molecule has 1 N–H and O–H groups in total. The molecule has 5 nitrogen and oxygen atoms in total. The number of nitrogens with one attached hydrogen (secondary N) is 1. The smallest absolute Gasteiger partial charge is 0.257 e. The number of amides is 1. The summed E-state index contributed by atoms with van der Waals surface area (Å²) >= 11 is 11.8. The Morgan fingerprint density at radius 1 is 1.09 bits per heavy atom. The zero-order valence-corrected chi connectivity index (χ0v) is 14.7. The van der Waals surface area contributed by atoms with E-state index in [0.29, 0.717) is 15.7 Å². The molecule has 0 unspecified atom stereocenters. The minimum absolute atomic E-state index is 0.219. The maximum absolute atomic E-state index is 12.5. The lowest BCUT2D eigenvalue weighted by molar-refractivity contribution is 0.102. The van der Waals surface area contributed by atoms with Gasteiger partial charge in [-0.1, -0.05) is 35.3 Å². The molecular weight excluding hydrogens is 359 g/mol. The molecule has 0 aliphatic carbocycles. The van der Waals surface area contributed by atoms with Gasteiger partial charge in [-0.15, -0.1) is 0 Å². The SMILES string of the molecule is CN(c1ccccc1C(=O)Nc1cc(Cl)cc(Cl)c1)S(C)(=O)=O. The van der Waals surface area contributed by atoms with Gasteiger partial charge in [-0.05, 0) is 30.3 Å². The highest BCUT2D eigenvalue weighted by atomic mass is 35.5. The number of benzene rings is 2. The van der Waals surface area contributed by atoms with E-state index in [1.54, 1.807) is 42.5 Å². The van der Waals surface area contributed by atoms with Crippen molar-refractivity contribution in [3.05, 3.63) is 58.1 Å². The van der Waals surface area contributed by atoms with Gasteiger partial charge in [0, 0.05) is 22.8 Å². The summed E-state index contributed by atoms with van der Waals surface area (Å²) in [5.41, 5.74) is 0.918. The molecule has 2 rings (SSSR count). The number of nitrogens with zero attached hydrogens (tertiary/aromatic N) is 1. The van der Waals surface area contributed by atoms with Crippen molar-refractivity contribution in [2.75, 3.05) is 22.9 Å². The number of hydrogen-bond acceptors (Lipinski definition) is 3. The van der Waals surface area contributed by atoms with Gasteiger partial charge in [-0.3, -0.25) is 9.10 Å². The van der Waals surface area contributed by atoms with Crippen LogP contribution in [0.2, 0.25) is 10.0 Å². The molecule has 1 amide bonds. The normalized spacial score (nSPS) is 11.1. The fourth-order valence-electron chi connectivity index (χ4n) is 1.94. The van der Waals surface area contributed by atoms with E-state index in [4.69, 9.17) is 23.2 Å². The Bertz CT molecular complexity index is 833. The average molecular weight is 373 g/mol. The third kappa shape index (κ3) is 4.37. The lowest BCUT2D eigenvalue weighted by atomic mass is 10.1. The number of carbonyl (C=O) groups excluding carboxylic acids is 1. The lowest BCUT2D eigenvalue weighted by Gasteiger charge is -2.19. The van der Waals surface area contributed by atoms with E-state index in [1.807, 2.05) is 0 Å². The summed E-state index contributed by atoms with van der Waals surface area (Å²) in [5.74, 6) is -0.463. The molecule has 0 bridgehead atoms. The predicted octanol–water partition coefficient (Wildman–Crippen LogP) is 3.64. The number of halogens is 2. The predicted molar refractivity (Wildman–Crippen MR) is 94.1 cm³/mol. The van der Waals surface area contributed by atoms with Crippen molar-refractivity contribution in [1.82, 2.24) is 0 Å². The zero-order valence-electron chi connectivity index (χ0n) is 12.4. The van der Waals surface area contributed by atoms with Crippen molar-refractivity contribution in [1.29, 1.82) is 0 Å². The number of hydrogen-bond donors (Lipinski definition) is 1. The minimum Gasteiger partial charge on any atom is -0.322 e. The van der Waals surface area contributed by atoms with Crippen LogP contribution in [0.5, 0.6) is 0 Å². The Balaban J connectivity index is 2.37. The summed E-state index contributed by atoms with van der Waals surface area (Å²) in [6, 6.07) is 11.1. The van der Waals surface area contributed by atoms with E-state index in [-0.39, 0.29) is 11.3 Å². The van der Waals surface area contributed by atoms with Gasteiger partial charge >= 0.3 is 0 Å². The Kier molecular flexibility index (Phi) is 5.19. The third-order valence-corrected chi connectivity index (χ3v) is 4.73. The first-order chi connectivity index (χ1) is 10.7. The van der Waals surface area contributed by atoms with Gasteiger partial charge in [-0.2, -0.15) is 0 Å². The second kappa shape index (κ2) is 6.78. The number of rotatable bonds is 4. The summed E-state index contributed by atoms with van der Waals surface area (Å²) in [4.78, 5) is 12.5. The summed E-state index contributed by atoms with van der Waals surface area (Å²) in [6.07, 6.45) is 1.07. The first-order valence-corrected chi connectivity index (χ1v) is 9.09. The van der Waals surface area contributed by atoms with Crippen molar-refractivity contribution in [2.45, 2.75) is 0 Å². The van der Waals surface area contributed by atoms with Gasteiger partial charge in [-0.25, -0.2) is 8.42 Å². The molecule has 0 radical (unpaired) electrons. The van der Waals surface area contributed by atoms with Crippen LogP contribution in [-0.4, -0.2) is 27.6 Å². The molecule has 0 saturated heterocycles. The Morgan fingerprint density at radius 2 is 1.65 bits per heavy atom. The summed E-state index contributed by atoms with van der Waals surface area (Å²) in [7, 11) is -2.10. The summed E-state index contributed by atoms with van der Waals surface area (Å²) in [6.45, 7) is 0. The molecular formula is C15H14Cl2N2O3S. The van der Waals surface area contributed by atoms with Crippen LogP contribution < -0.4 is 9.62 Å². The Morgan fingerprint density at radius 3 is 2.22 bits per heavy atom. The first-order valence-electron chi connectivity index (χ1n) is 6.49. The van der Waals surface area contributed by atoms with Crippen LogP contribution in [0, 0.1) is 0 Å². The lowest BCUT2D eigenvalue weighted by Crippen LogP contribution is -2.27. The zero-order chi connectivity index (χ0) is 17.2. The second-order valence-electron chi connectivity index (χ2n) is 4.86. The maximum Gasteiger partial charge on any atom is 0.257 e. The number of anilines is 2. The van der Waals surface area contributed by atoms with Gasteiger partial charge in [0.15, 0.2) is 0 Å². The van der Waals surface area contributed by atoms with Crippen molar-refractivity contribution in [3.8, 4) is 0 Å². The van der Waals surface area contributed by atoms with E-state index in [1.165, 1.54) is 7.05 Å². The maximum atomic E-state index is 12.5. The van der Waals surface area contributed by atoms with E-state index >= 15 is 0 Å². The molecule has 0 atom stereocenters. The van der Waals surface area contributed by atoms with Gasteiger partial charge in [0.2, 0.25) is 10.0 Å². The van der Waals surface area contributed by atoms with Gasteiger partial charge in [0.25, 0.3) is 5.91 Å². The summed E-state index contributed by atoms with van der Waals surface area (Å²) in [5, 5.41) is 3.42. The Hall–Kier alpha value is -1.76. The van der Waals surface area contributed by atoms with Crippen molar-refractivity contribution >= 4 is 50.5 Å². The quantitative estimate of drug-likeness (QED) is 0.890. The molecule has 23 heavy (non-hydrogen) atoms. The van der Waals surface area contributed by atoms with E-state index in [0.717, 1.165) is 10.6 Å². The van der Waals surface area contributed by atoms with Crippen LogP contribution in [0.4, 0.5) is 11.4 Å². The minimum atomic E-state index is -3.49. The molecule has 2 aromatic rings. The fraction of sp³-hybridized carbons (Fsp3) is 0.133. The molecule has 8 heteroatoms. The molecule has 0 aliphatic rings. The van der Waals surface area contributed by atoms with Gasteiger partial charge < -0.3 is 5.32 Å². The number of para-hydroxylation sites is 1. The highest BCUT2D eigenvalue weighted by Crippen LogP contribution is 2.25. The highest BCUT2D eigenvalue weighted by Gasteiger charge is 2.19. The molecule has 122 valence electrons. The molecule has 2 aromatic carbocycles. The molecule has 0 saturated carbocycles. The third-order valence-electron chi connectivity index (χ3n) is 3.11. The average Bonchev–Trinajstić information content (AvgIpc) is 2.44. The topological polar surface area (TPSA) is 66.5 Å². The van der Waals surface area contributed by atoms with Gasteiger partial charge in [0.1, 0.15) is 0 Å². The number of carbonyl (C=O) groups is 1. The molecule has 0 spiro atoms. The van der Waals surface area contributed by atoms with Crippen LogP contribution >= 0.6 is 23.2 Å². The highest BCUT2D eigenvalue weighted by molar-refractivity contribution is 7.92. The summed E-state index contributed by atoms with van der Waals surface area (Å²) < 4.78 is 24.5. The van der Waals surface area contributed by atoms with Crippen molar-refractivity contribution < 1.29 is 13.2 Å². The van der Waals surface area contributed by atoms with Crippen LogP contribution in [0.15, 0.2) is 42.5 Å². The first kappa shape index (κ1) is 17.6. The largest absolute Gasteiger partial charge is 0.322 e. The molecule has 0 heterocycles. The van der Waals surface area contributed by atoms with E-state index in [2.05, 4.69) is 5.32 Å². The molecule has 0 aromatic heterocycles. The number of sulfonamides is 1.